The maximum atomic E-state index is 12.0. The van der Waals surface area contributed by atoms with Gasteiger partial charge in [-0.15, -0.1) is 0 Å². The lowest BCUT2D eigenvalue weighted by molar-refractivity contribution is 0.254. The molecule has 0 saturated carbocycles. The van der Waals surface area contributed by atoms with E-state index in [1.54, 1.807) is 36.0 Å². The first kappa shape index (κ1) is 15.5. The van der Waals surface area contributed by atoms with Crippen LogP contribution in [0.3, 0.4) is 0 Å². The number of sulfonamides is 1. The van der Waals surface area contributed by atoms with Crippen LogP contribution in [0.4, 0.5) is 0 Å². The summed E-state index contributed by atoms with van der Waals surface area (Å²) in [6, 6.07) is 6.22. The van der Waals surface area contributed by atoms with E-state index in [4.69, 9.17) is 0 Å². The normalized spacial score (nSPS) is 13.5. The van der Waals surface area contributed by atoms with Gasteiger partial charge in [0.2, 0.25) is 10.0 Å². The Morgan fingerprint density at radius 3 is 2.44 bits per heavy atom. The third-order valence-electron chi connectivity index (χ3n) is 2.54. The summed E-state index contributed by atoms with van der Waals surface area (Å²) in [5.74, 6) is 0.807. The van der Waals surface area contributed by atoms with Crippen molar-refractivity contribution in [2.45, 2.75) is 24.3 Å². The second kappa shape index (κ2) is 7.13. The summed E-state index contributed by atoms with van der Waals surface area (Å²) in [5, 5.41) is 9.17. The van der Waals surface area contributed by atoms with Gasteiger partial charge in [0.25, 0.3) is 0 Å². The molecule has 0 aliphatic carbocycles. The van der Waals surface area contributed by atoms with Gasteiger partial charge in [-0.2, -0.15) is 11.8 Å². The van der Waals surface area contributed by atoms with Gasteiger partial charge in [-0.3, -0.25) is 0 Å². The molecule has 0 bridgehead atoms. The van der Waals surface area contributed by atoms with Gasteiger partial charge in [0, 0.05) is 6.04 Å². The maximum Gasteiger partial charge on any atom is 0.240 e. The van der Waals surface area contributed by atoms with Crippen molar-refractivity contribution < 1.29 is 13.5 Å². The SMILES string of the molecule is CSCC[C@H](CO)NS(=O)(=O)c1ccc(C)cc1. The van der Waals surface area contributed by atoms with Crippen LogP contribution < -0.4 is 4.72 Å². The fraction of sp³-hybridized carbons (Fsp3) is 0.500. The van der Waals surface area contributed by atoms with Gasteiger partial charge in [-0.25, -0.2) is 13.1 Å². The van der Waals surface area contributed by atoms with E-state index in [-0.39, 0.29) is 11.5 Å². The molecule has 102 valence electrons. The van der Waals surface area contributed by atoms with Crippen LogP contribution in [-0.4, -0.2) is 38.2 Å². The van der Waals surface area contributed by atoms with E-state index in [0.717, 1.165) is 11.3 Å². The van der Waals surface area contributed by atoms with Crippen molar-refractivity contribution in [1.82, 2.24) is 4.72 Å². The highest BCUT2D eigenvalue weighted by Gasteiger charge is 2.18. The number of hydrogen-bond donors (Lipinski definition) is 2. The molecule has 0 aromatic heterocycles. The highest BCUT2D eigenvalue weighted by atomic mass is 32.2. The third-order valence-corrected chi connectivity index (χ3v) is 4.72. The van der Waals surface area contributed by atoms with Crippen LogP contribution in [0.25, 0.3) is 0 Å². The van der Waals surface area contributed by atoms with Gasteiger partial charge in [-0.05, 0) is 37.5 Å². The van der Waals surface area contributed by atoms with E-state index in [0.29, 0.717) is 6.42 Å². The molecule has 0 amide bonds. The number of aryl methyl sites for hydroxylation is 1. The monoisotopic (exact) mass is 289 g/mol. The lowest BCUT2D eigenvalue weighted by Crippen LogP contribution is -2.37. The summed E-state index contributed by atoms with van der Waals surface area (Å²) >= 11 is 1.62. The van der Waals surface area contributed by atoms with E-state index in [1.165, 1.54) is 0 Å². The highest BCUT2D eigenvalue weighted by molar-refractivity contribution is 7.98. The van der Waals surface area contributed by atoms with Gasteiger partial charge in [-0.1, -0.05) is 17.7 Å². The Morgan fingerprint density at radius 2 is 1.94 bits per heavy atom. The van der Waals surface area contributed by atoms with Gasteiger partial charge in [0.1, 0.15) is 0 Å². The summed E-state index contributed by atoms with van der Waals surface area (Å²) in [5.41, 5.74) is 1.01. The molecule has 18 heavy (non-hydrogen) atoms. The molecule has 1 aromatic rings. The Morgan fingerprint density at radius 1 is 1.33 bits per heavy atom. The van der Waals surface area contributed by atoms with Gasteiger partial charge >= 0.3 is 0 Å². The number of benzene rings is 1. The lowest BCUT2D eigenvalue weighted by Gasteiger charge is -2.16. The summed E-state index contributed by atoms with van der Waals surface area (Å²) < 4.78 is 26.6. The first-order valence-electron chi connectivity index (χ1n) is 5.68. The minimum Gasteiger partial charge on any atom is -0.395 e. The van der Waals surface area contributed by atoms with Crippen LogP contribution in [0.15, 0.2) is 29.2 Å². The summed E-state index contributed by atoms with van der Waals surface area (Å²) in [7, 11) is -3.54. The molecule has 1 aromatic carbocycles. The molecule has 0 unspecified atom stereocenters. The Kier molecular flexibility index (Phi) is 6.14. The average Bonchev–Trinajstić information content (AvgIpc) is 2.35. The van der Waals surface area contributed by atoms with E-state index in [1.807, 2.05) is 13.2 Å². The average molecular weight is 289 g/mol. The van der Waals surface area contributed by atoms with Crippen LogP contribution >= 0.6 is 11.8 Å². The zero-order valence-corrected chi connectivity index (χ0v) is 12.2. The molecule has 1 atom stereocenters. The lowest BCUT2D eigenvalue weighted by atomic mass is 10.2. The largest absolute Gasteiger partial charge is 0.395 e. The highest BCUT2D eigenvalue weighted by Crippen LogP contribution is 2.11. The van der Waals surface area contributed by atoms with Crippen molar-refractivity contribution in [2.24, 2.45) is 0 Å². The van der Waals surface area contributed by atoms with E-state index >= 15 is 0 Å². The predicted molar refractivity (Wildman–Crippen MR) is 75.4 cm³/mol. The van der Waals surface area contributed by atoms with E-state index in [9.17, 15) is 13.5 Å². The first-order chi connectivity index (χ1) is 8.49. The quantitative estimate of drug-likeness (QED) is 0.796. The van der Waals surface area contributed by atoms with Crippen molar-refractivity contribution in [2.75, 3.05) is 18.6 Å². The zero-order chi connectivity index (χ0) is 13.6. The molecule has 0 saturated heterocycles. The molecule has 0 aliphatic heterocycles. The number of hydrogen-bond acceptors (Lipinski definition) is 4. The van der Waals surface area contributed by atoms with Gasteiger partial charge in [0.05, 0.1) is 11.5 Å². The van der Waals surface area contributed by atoms with Crippen LogP contribution in [0.1, 0.15) is 12.0 Å². The Balaban J connectivity index is 2.77. The second-order valence-corrected chi connectivity index (χ2v) is 6.79. The maximum absolute atomic E-state index is 12.0. The van der Waals surface area contributed by atoms with Crippen molar-refractivity contribution >= 4 is 21.8 Å². The predicted octanol–water partition coefficient (Wildman–Crippen LogP) is 1.39. The molecule has 4 nitrogen and oxygen atoms in total. The fourth-order valence-corrected chi connectivity index (χ4v) is 3.23. The molecule has 2 N–H and O–H groups in total. The minimum absolute atomic E-state index is 0.189. The van der Waals surface area contributed by atoms with Crippen LogP contribution in [0.2, 0.25) is 0 Å². The molecular formula is C12H19NO3S2. The van der Waals surface area contributed by atoms with Gasteiger partial charge < -0.3 is 5.11 Å². The van der Waals surface area contributed by atoms with Gasteiger partial charge in [0.15, 0.2) is 0 Å². The van der Waals surface area contributed by atoms with Crippen molar-refractivity contribution in [1.29, 1.82) is 0 Å². The second-order valence-electron chi connectivity index (χ2n) is 4.10. The summed E-state index contributed by atoms with van der Waals surface area (Å²) in [6.45, 7) is 1.71. The fourth-order valence-electron chi connectivity index (χ4n) is 1.45. The Bertz CT molecular complexity index is 457. The molecule has 0 aliphatic rings. The van der Waals surface area contributed by atoms with Crippen molar-refractivity contribution in [3.63, 3.8) is 0 Å². The standard InChI is InChI=1S/C12H19NO3S2/c1-10-3-5-12(6-4-10)18(15,16)13-11(9-14)7-8-17-2/h3-6,11,13-14H,7-9H2,1-2H3/t11-/m1/s1. The van der Waals surface area contributed by atoms with Crippen molar-refractivity contribution in [3.05, 3.63) is 29.8 Å². The number of rotatable bonds is 7. The smallest absolute Gasteiger partial charge is 0.240 e. The molecule has 0 radical (unpaired) electrons. The molecule has 0 spiro atoms. The minimum atomic E-state index is -3.54. The Hall–Kier alpha value is -0.560. The number of aliphatic hydroxyl groups is 1. The summed E-state index contributed by atoms with van der Waals surface area (Å²) in [6.07, 6.45) is 2.56. The zero-order valence-electron chi connectivity index (χ0n) is 10.6. The molecule has 0 heterocycles. The molecule has 6 heteroatoms. The number of thioether (sulfide) groups is 1. The van der Waals surface area contributed by atoms with E-state index in [2.05, 4.69) is 4.72 Å². The molecular weight excluding hydrogens is 270 g/mol. The third kappa shape index (κ3) is 4.61. The topological polar surface area (TPSA) is 66.4 Å². The van der Waals surface area contributed by atoms with Crippen LogP contribution in [0.5, 0.6) is 0 Å². The molecule has 0 fully saturated rings. The first-order valence-corrected chi connectivity index (χ1v) is 8.56. The van der Waals surface area contributed by atoms with Crippen LogP contribution in [-0.2, 0) is 10.0 Å². The Labute approximate surface area is 113 Å². The number of nitrogens with one attached hydrogen (secondary N) is 1. The van der Waals surface area contributed by atoms with Crippen molar-refractivity contribution in [3.8, 4) is 0 Å². The van der Waals surface area contributed by atoms with Crippen LogP contribution in [0, 0.1) is 6.92 Å². The van der Waals surface area contributed by atoms with E-state index < -0.39 is 16.1 Å². The number of aliphatic hydroxyl groups excluding tert-OH is 1. The molecule has 1 rings (SSSR count). The summed E-state index contributed by atoms with van der Waals surface area (Å²) in [4.78, 5) is 0.232.